The maximum absolute atomic E-state index is 12.3. The van der Waals surface area contributed by atoms with Crippen molar-refractivity contribution in [2.24, 2.45) is 0 Å². The third-order valence-corrected chi connectivity index (χ3v) is 4.90. The topological polar surface area (TPSA) is 119 Å². The SMILES string of the molecule is Cc1ccc(-c2ccc(/C=C/C(=O)Nc3ccc(-c4ccc(CO)o4)cc3)o2)c([N+](=O)[O-])c1. The van der Waals surface area contributed by atoms with E-state index in [1.165, 1.54) is 18.2 Å². The van der Waals surface area contributed by atoms with Gasteiger partial charge in [0.05, 0.1) is 10.5 Å². The first-order valence-corrected chi connectivity index (χ1v) is 10.1. The summed E-state index contributed by atoms with van der Waals surface area (Å²) in [5.41, 5.74) is 2.52. The van der Waals surface area contributed by atoms with Crippen LogP contribution >= 0.6 is 0 Å². The molecule has 0 fully saturated rings. The van der Waals surface area contributed by atoms with E-state index in [-0.39, 0.29) is 18.2 Å². The molecule has 33 heavy (non-hydrogen) atoms. The number of amides is 1. The molecule has 0 saturated carbocycles. The standard InChI is InChI=1S/C25H20N2O6/c1-16-2-10-21(22(14-16)27(30)31)24-12-7-19(32-24)9-13-25(29)26-18-5-3-17(4-6-18)23-11-8-20(15-28)33-23/h2-14,28H,15H2,1H3,(H,26,29)/b13-9+. The van der Waals surface area contributed by atoms with Crippen molar-refractivity contribution in [3.63, 3.8) is 0 Å². The van der Waals surface area contributed by atoms with E-state index in [1.54, 1.807) is 67.6 Å². The Morgan fingerprint density at radius 2 is 1.79 bits per heavy atom. The van der Waals surface area contributed by atoms with Crippen molar-refractivity contribution >= 4 is 23.4 Å². The molecule has 2 heterocycles. The fraction of sp³-hybridized carbons (Fsp3) is 0.0800. The molecule has 2 N–H and O–H groups in total. The zero-order valence-electron chi connectivity index (χ0n) is 17.6. The van der Waals surface area contributed by atoms with Gasteiger partial charge < -0.3 is 19.3 Å². The minimum Gasteiger partial charge on any atom is -0.459 e. The summed E-state index contributed by atoms with van der Waals surface area (Å²) in [7, 11) is 0. The third-order valence-electron chi connectivity index (χ3n) is 4.90. The Morgan fingerprint density at radius 3 is 2.48 bits per heavy atom. The fourth-order valence-electron chi connectivity index (χ4n) is 3.27. The van der Waals surface area contributed by atoms with Crippen LogP contribution < -0.4 is 5.32 Å². The summed E-state index contributed by atoms with van der Waals surface area (Å²) in [6.07, 6.45) is 2.81. The van der Waals surface area contributed by atoms with Gasteiger partial charge in [0.2, 0.25) is 5.91 Å². The van der Waals surface area contributed by atoms with Crippen LogP contribution in [0.5, 0.6) is 0 Å². The molecule has 8 nitrogen and oxygen atoms in total. The molecule has 0 aliphatic heterocycles. The number of aliphatic hydroxyl groups is 1. The number of anilines is 1. The molecule has 0 aliphatic rings. The lowest BCUT2D eigenvalue weighted by Gasteiger charge is -2.03. The lowest BCUT2D eigenvalue weighted by Crippen LogP contribution is -2.07. The number of carbonyl (C=O) groups is 1. The maximum atomic E-state index is 12.3. The molecule has 0 spiro atoms. The predicted octanol–water partition coefficient (Wildman–Crippen LogP) is 5.57. The van der Waals surface area contributed by atoms with E-state index in [9.17, 15) is 14.9 Å². The molecule has 0 unspecified atom stereocenters. The first-order chi connectivity index (χ1) is 15.9. The van der Waals surface area contributed by atoms with Crippen molar-refractivity contribution in [2.75, 3.05) is 5.32 Å². The van der Waals surface area contributed by atoms with E-state index in [0.717, 1.165) is 11.1 Å². The van der Waals surface area contributed by atoms with Gasteiger partial charge in [0.15, 0.2) is 0 Å². The molecule has 4 rings (SSSR count). The van der Waals surface area contributed by atoms with Crippen molar-refractivity contribution in [3.05, 3.63) is 100 Å². The molecule has 2 aromatic heterocycles. The van der Waals surface area contributed by atoms with Crippen LogP contribution in [0.1, 0.15) is 17.1 Å². The second-order valence-corrected chi connectivity index (χ2v) is 7.30. The number of aryl methyl sites for hydroxylation is 1. The van der Waals surface area contributed by atoms with Crippen LogP contribution in [-0.4, -0.2) is 15.9 Å². The van der Waals surface area contributed by atoms with Gasteiger partial charge in [0.1, 0.15) is 29.6 Å². The number of rotatable bonds is 7. The quantitative estimate of drug-likeness (QED) is 0.219. The Hall–Kier alpha value is -4.43. The summed E-state index contributed by atoms with van der Waals surface area (Å²) < 4.78 is 11.2. The minimum absolute atomic E-state index is 0.0387. The molecule has 0 saturated heterocycles. The molecular formula is C25H20N2O6. The number of nitrogens with one attached hydrogen (secondary N) is 1. The molecule has 0 atom stereocenters. The number of carbonyl (C=O) groups excluding carboxylic acids is 1. The molecule has 1 amide bonds. The number of hydrogen-bond donors (Lipinski definition) is 2. The third kappa shape index (κ3) is 5.08. The lowest BCUT2D eigenvalue weighted by molar-refractivity contribution is -0.384. The van der Waals surface area contributed by atoms with Crippen LogP contribution in [0.25, 0.3) is 28.7 Å². The Kier molecular flexibility index (Phi) is 6.19. The first kappa shape index (κ1) is 21.8. The van der Waals surface area contributed by atoms with Crippen molar-refractivity contribution in [1.82, 2.24) is 0 Å². The van der Waals surface area contributed by atoms with Crippen LogP contribution in [0.4, 0.5) is 11.4 Å². The van der Waals surface area contributed by atoms with Crippen LogP contribution in [0.2, 0.25) is 0 Å². The van der Waals surface area contributed by atoms with Crippen molar-refractivity contribution in [1.29, 1.82) is 0 Å². The highest BCUT2D eigenvalue weighted by Gasteiger charge is 2.18. The van der Waals surface area contributed by atoms with Crippen LogP contribution in [0, 0.1) is 17.0 Å². The van der Waals surface area contributed by atoms with E-state index in [1.807, 2.05) is 0 Å². The summed E-state index contributed by atoms with van der Waals surface area (Å²) in [6, 6.07) is 18.7. The van der Waals surface area contributed by atoms with Crippen molar-refractivity contribution in [2.45, 2.75) is 13.5 Å². The number of hydrogen-bond acceptors (Lipinski definition) is 6. The largest absolute Gasteiger partial charge is 0.459 e. The van der Waals surface area contributed by atoms with Crippen LogP contribution in [-0.2, 0) is 11.4 Å². The Morgan fingerprint density at radius 1 is 1.03 bits per heavy atom. The highest BCUT2D eigenvalue weighted by molar-refractivity contribution is 6.01. The van der Waals surface area contributed by atoms with Crippen molar-refractivity contribution < 1.29 is 23.7 Å². The van der Waals surface area contributed by atoms with Gasteiger partial charge in [-0.15, -0.1) is 0 Å². The van der Waals surface area contributed by atoms with E-state index >= 15 is 0 Å². The fourth-order valence-corrected chi connectivity index (χ4v) is 3.27. The second kappa shape index (κ2) is 9.37. The summed E-state index contributed by atoms with van der Waals surface area (Å²) >= 11 is 0. The molecule has 0 radical (unpaired) electrons. The number of nitro groups is 1. The summed E-state index contributed by atoms with van der Waals surface area (Å²) in [4.78, 5) is 23.2. The number of nitro benzene ring substituents is 1. The molecule has 0 aliphatic carbocycles. The van der Waals surface area contributed by atoms with E-state index in [4.69, 9.17) is 13.9 Å². The number of aliphatic hydroxyl groups excluding tert-OH is 1. The average molecular weight is 444 g/mol. The van der Waals surface area contributed by atoms with Crippen LogP contribution in [0.15, 0.2) is 81.6 Å². The smallest absolute Gasteiger partial charge is 0.280 e. The highest BCUT2D eigenvalue weighted by atomic mass is 16.6. The van der Waals surface area contributed by atoms with Gasteiger partial charge >= 0.3 is 0 Å². The molecule has 8 heteroatoms. The summed E-state index contributed by atoms with van der Waals surface area (Å²) in [5.74, 6) is 1.48. The monoisotopic (exact) mass is 444 g/mol. The second-order valence-electron chi connectivity index (χ2n) is 7.30. The van der Waals surface area contributed by atoms with Crippen LogP contribution in [0.3, 0.4) is 0 Å². The van der Waals surface area contributed by atoms with E-state index < -0.39 is 4.92 Å². The Bertz CT molecular complexity index is 1330. The Balaban J connectivity index is 1.42. The molecule has 166 valence electrons. The number of nitrogens with zero attached hydrogens (tertiary/aromatic N) is 1. The van der Waals surface area contributed by atoms with Gasteiger partial charge in [-0.05, 0) is 73.2 Å². The predicted molar refractivity (Wildman–Crippen MR) is 123 cm³/mol. The van der Waals surface area contributed by atoms with Gasteiger partial charge in [-0.2, -0.15) is 0 Å². The zero-order chi connectivity index (χ0) is 23.4. The van der Waals surface area contributed by atoms with Gasteiger partial charge in [-0.3, -0.25) is 14.9 Å². The molecule has 0 bridgehead atoms. The highest BCUT2D eigenvalue weighted by Crippen LogP contribution is 2.32. The molecule has 2 aromatic carbocycles. The van der Waals surface area contributed by atoms with Gasteiger partial charge in [-0.25, -0.2) is 0 Å². The molecular weight excluding hydrogens is 424 g/mol. The van der Waals surface area contributed by atoms with Gasteiger partial charge in [0.25, 0.3) is 5.69 Å². The average Bonchev–Trinajstić information content (AvgIpc) is 3.48. The van der Waals surface area contributed by atoms with E-state index in [0.29, 0.717) is 34.3 Å². The van der Waals surface area contributed by atoms with Gasteiger partial charge in [-0.1, -0.05) is 6.07 Å². The summed E-state index contributed by atoms with van der Waals surface area (Å²) in [5, 5.41) is 23.2. The summed E-state index contributed by atoms with van der Waals surface area (Å²) in [6.45, 7) is 1.61. The maximum Gasteiger partial charge on any atom is 0.280 e. The lowest BCUT2D eigenvalue weighted by atomic mass is 10.1. The zero-order valence-corrected chi connectivity index (χ0v) is 17.6. The number of benzene rings is 2. The van der Waals surface area contributed by atoms with Crippen molar-refractivity contribution in [3.8, 4) is 22.6 Å². The first-order valence-electron chi connectivity index (χ1n) is 10.1. The van der Waals surface area contributed by atoms with E-state index in [2.05, 4.69) is 5.32 Å². The van der Waals surface area contributed by atoms with Gasteiger partial charge in [0, 0.05) is 23.4 Å². The number of furan rings is 2. The Labute approximate surface area is 188 Å². The molecule has 4 aromatic rings. The normalized spacial score (nSPS) is 11.1. The minimum atomic E-state index is -0.448.